The fourth-order valence-corrected chi connectivity index (χ4v) is 4.67. The number of carbonyl (C=O) groups excluding carboxylic acids is 2. The molecular formula is C21H20ClNO5. The molecule has 1 unspecified atom stereocenters. The average Bonchev–Trinajstić information content (AvgIpc) is 2.66. The number of allylic oxidation sites excluding steroid dienone is 2. The topological polar surface area (TPSA) is 93.0 Å². The third kappa shape index (κ3) is 3.37. The molecule has 7 heteroatoms. The third-order valence-corrected chi connectivity index (χ3v) is 5.88. The number of aliphatic carboxylic acids is 1. The van der Waals surface area contributed by atoms with E-state index in [1.54, 1.807) is 18.2 Å². The normalized spacial score (nSPS) is 24.4. The summed E-state index contributed by atoms with van der Waals surface area (Å²) in [7, 11) is 0. The number of halogens is 1. The first-order chi connectivity index (χ1) is 13.5. The number of nitrogens with zero attached hydrogens (tertiary/aromatic N) is 1. The monoisotopic (exact) mass is 401 g/mol. The van der Waals surface area contributed by atoms with Crippen LogP contribution >= 0.6 is 11.6 Å². The number of carbonyl (C=O) groups is 3. The molecule has 1 N–H and O–H groups in total. The highest BCUT2D eigenvalue weighted by Crippen LogP contribution is 2.46. The van der Waals surface area contributed by atoms with Crippen LogP contribution in [0.2, 0.25) is 5.02 Å². The van der Waals surface area contributed by atoms with E-state index in [9.17, 15) is 14.4 Å². The van der Waals surface area contributed by atoms with Gasteiger partial charge in [0.1, 0.15) is 11.5 Å². The Morgan fingerprint density at radius 2 is 1.93 bits per heavy atom. The first-order valence-electron chi connectivity index (χ1n) is 9.46. The molecule has 1 aromatic carbocycles. The summed E-state index contributed by atoms with van der Waals surface area (Å²) in [6, 6.07) is 5.05. The summed E-state index contributed by atoms with van der Waals surface area (Å²) in [4.78, 5) is 41.0. The van der Waals surface area contributed by atoms with Gasteiger partial charge in [-0.25, -0.2) is 4.79 Å². The fraction of sp³-hybridized carbons (Fsp3) is 0.429. The number of carboxylic acids is 1. The minimum absolute atomic E-state index is 0.0507. The van der Waals surface area contributed by atoms with Gasteiger partial charge in [-0.2, -0.15) is 0 Å². The Bertz CT molecular complexity index is 933. The first kappa shape index (κ1) is 18.9. The Morgan fingerprint density at radius 3 is 2.68 bits per heavy atom. The summed E-state index contributed by atoms with van der Waals surface area (Å²) in [5.41, 5.74) is 3.09. The number of aliphatic imine (C=N–C) groups is 1. The number of Topliss-reactive ketones (excluding diaryl/α,β-unsaturated/α-hetero) is 2. The van der Waals surface area contributed by atoms with Gasteiger partial charge in [-0.1, -0.05) is 17.7 Å². The quantitative estimate of drug-likeness (QED) is 0.829. The molecule has 0 aromatic heterocycles. The maximum atomic E-state index is 12.8. The van der Waals surface area contributed by atoms with Crippen molar-refractivity contribution >= 4 is 34.8 Å². The van der Waals surface area contributed by atoms with Gasteiger partial charge in [0.05, 0.1) is 10.9 Å². The molecule has 4 rings (SSSR count). The van der Waals surface area contributed by atoms with Crippen LogP contribution in [0.25, 0.3) is 0 Å². The summed E-state index contributed by atoms with van der Waals surface area (Å²) in [6.07, 6.45) is 4.04. The van der Waals surface area contributed by atoms with Gasteiger partial charge in [0.2, 0.25) is 0 Å². The smallest absolute Gasteiger partial charge is 0.341 e. The number of benzene rings is 1. The largest absolute Gasteiger partial charge is 0.480 e. The molecule has 6 nitrogen and oxygen atoms in total. The second kappa shape index (κ2) is 7.51. The van der Waals surface area contributed by atoms with Crippen LogP contribution in [0, 0.1) is 5.92 Å². The summed E-state index contributed by atoms with van der Waals surface area (Å²) in [5, 5.41) is 9.04. The number of carboxylic acid groups (broad SMARTS) is 1. The zero-order chi connectivity index (χ0) is 19.8. The Kier molecular flexibility index (Phi) is 5.06. The van der Waals surface area contributed by atoms with Crippen LogP contribution in [0.1, 0.15) is 50.0 Å². The van der Waals surface area contributed by atoms with Crippen molar-refractivity contribution in [1.82, 2.24) is 0 Å². The second-order valence-corrected chi connectivity index (χ2v) is 7.79. The van der Waals surface area contributed by atoms with E-state index in [1.807, 2.05) is 0 Å². The minimum atomic E-state index is -1.09. The van der Waals surface area contributed by atoms with Crippen LogP contribution < -0.4 is 4.74 Å². The van der Waals surface area contributed by atoms with Gasteiger partial charge in [-0.3, -0.25) is 14.6 Å². The molecule has 0 spiro atoms. The molecule has 1 fully saturated rings. The van der Waals surface area contributed by atoms with Crippen molar-refractivity contribution in [2.45, 2.75) is 44.4 Å². The maximum Gasteiger partial charge on any atom is 0.341 e. The number of hydrogen-bond donors (Lipinski definition) is 1. The first-order valence-corrected chi connectivity index (χ1v) is 9.84. The highest BCUT2D eigenvalue weighted by atomic mass is 35.5. The van der Waals surface area contributed by atoms with E-state index < -0.39 is 18.5 Å². The van der Waals surface area contributed by atoms with E-state index in [1.165, 1.54) is 0 Å². The molecule has 28 heavy (non-hydrogen) atoms. The highest BCUT2D eigenvalue weighted by Gasteiger charge is 2.44. The Balaban J connectivity index is 1.77. The average molecular weight is 402 g/mol. The molecule has 1 aromatic rings. The molecule has 1 saturated carbocycles. The van der Waals surface area contributed by atoms with Crippen molar-refractivity contribution in [2.75, 3.05) is 6.61 Å². The van der Waals surface area contributed by atoms with Crippen molar-refractivity contribution in [2.24, 2.45) is 10.9 Å². The van der Waals surface area contributed by atoms with Crippen LogP contribution in [0.3, 0.4) is 0 Å². The highest BCUT2D eigenvalue weighted by molar-refractivity contribution is 6.32. The van der Waals surface area contributed by atoms with Gasteiger partial charge in [0.25, 0.3) is 0 Å². The molecule has 3 aliphatic rings. The number of fused-ring (bicyclic) bond motifs is 1. The summed E-state index contributed by atoms with van der Waals surface area (Å²) in [6.45, 7) is -0.492. The Hall–Kier alpha value is -2.47. The van der Waals surface area contributed by atoms with E-state index in [0.29, 0.717) is 18.4 Å². The van der Waals surface area contributed by atoms with Gasteiger partial charge in [0.15, 0.2) is 12.4 Å². The second-order valence-electron chi connectivity index (χ2n) is 7.39. The molecule has 1 aliphatic heterocycles. The van der Waals surface area contributed by atoms with Crippen LogP contribution in [-0.4, -0.2) is 35.0 Å². The van der Waals surface area contributed by atoms with E-state index >= 15 is 0 Å². The standard InChI is InChI=1S/C21H20ClNO5/c22-12-9-11(7-8-17(12)28-10-18(26)27)19-20-13(3-1-5-15(20)24)23-14-4-2-6-16(25)21(14)19/h7-9,19-20H,1-6,10H2,(H,26,27)/t19-,20?/m1/s1. The van der Waals surface area contributed by atoms with Gasteiger partial charge in [0, 0.05) is 35.7 Å². The number of rotatable bonds is 4. The zero-order valence-corrected chi connectivity index (χ0v) is 16.0. The number of hydrogen-bond acceptors (Lipinski definition) is 5. The van der Waals surface area contributed by atoms with Gasteiger partial charge < -0.3 is 9.84 Å². The molecule has 146 valence electrons. The summed E-state index contributed by atoms with van der Waals surface area (Å²) < 4.78 is 5.19. The van der Waals surface area contributed by atoms with Crippen molar-refractivity contribution in [3.8, 4) is 5.75 Å². The van der Waals surface area contributed by atoms with E-state index in [2.05, 4.69) is 0 Å². The molecule has 2 atom stereocenters. The number of ether oxygens (including phenoxy) is 1. The molecule has 0 saturated heterocycles. The molecule has 1 heterocycles. The van der Waals surface area contributed by atoms with E-state index in [-0.39, 0.29) is 28.3 Å². The maximum absolute atomic E-state index is 12.8. The van der Waals surface area contributed by atoms with Crippen LogP contribution in [0.15, 0.2) is 34.5 Å². The SMILES string of the molecule is O=C(O)COc1ccc([C@H]2C3=C(CCCC3=O)N=C3CCCC(=O)C32)cc1Cl. The van der Waals surface area contributed by atoms with Crippen LogP contribution in [-0.2, 0) is 14.4 Å². The zero-order valence-electron chi connectivity index (χ0n) is 15.2. The van der Waals surface area contributed by atoms with Gasteiger partial charge in [-0.05, 0) is 43.4 Å². The molecule has 2 aliphatic carbocycles. The predicted molar refractivity (Wildman–Crippen MR) is 103 cm³/mol. The summed E-state index contributed by atoms with van der Waals surface area (Å²) in [5.74, 6) is -1.47. The lowest BCUT2D eigenvalue weighted by Gasteiger charge is -2.38. The van der Waals surface area contributed by atoms with Gasteiger partial charge in [-0.15, -0.1) is 0 Å². The Morgan fingerprint density at radius 1 is 1.14 bits per heavy atom. The van der Waals surface area contributed by atoms with Crippen molar-refractivity contribution in [3.63, 3.8) is 0 Å². The lowest BCUT2D eigenvalue weighted by Crippen LogP contribution is -2.39. The summed E-state index contributed by atoms with van der Waals surface area (Å²) >= 11 is 6.32. The lowest BCUT2D eigenvalue weighted by molar-refractivity contribution is -0.139. The minimum Gasteiger partial charge on any atom is -0.480 e. The Labute approximate surface area is 167 Å². The molecule has 0 radical (unpaired) electrons. The van der Waals surface area contributed by atoms with Gasteiger partial charge >= 0.3 is 5.97 Å². The van der Waals surface area contributed by atoms with E-state index in [0.717, 1.165) is 42.7 Å². The van der Waals surface area contributed by atoms with Crippen LogP contribution in [0.5, 0.6) is 5.75 Å². The molecule has 0 bridgehead atoms. The van der Waals surface area contributed by atoms with Crippen molar-refractivity contribution < 1.29 is 24.2 Å². The molecular weight excluding hydrogens is 382 g/mol. The van der Waals surface area contributed by atoms with E-state index in [4.69, 9.17) is 26.4 Å². The third-order valence-electron chi connectivity index (χ3n) is 5.58. The fourth-order valence-electron chi connectivity index (χ4n) is 4.43. The molecule has 0 amide bonds. The lowest BCUT2D eigenvalue weighted by atomic mass is 9.67. The van der Waals surface area contributed by atoms with Crippen molar-refractivity contribution in [1.29, 1.82) is 0 Å². The predicted octanol–water partition coefficient (Wildman–Crippen LogP) is 3.72. The van der Waals surface area contributed by atoms with Crippen molar-refractivity contribution in [3.05, 3.63) is 40.1 Å². The van der Waals surface area contributed by atoms with Crippen LogP contribution in [0.4, 0.5) is 0 Å². The number of ketones is 2.